The zero-order valence-corrected chi connectivity index (χ0v) is 9.29. The summed E-state index contributed by atoms with van der Waals surface area (Å²) in [4.78, 5) is 14.1. The Morgan fingerprint density at radius 1 is 1.25 bits per heavy atom. The minimum atomic E-state index is -0.169. The fourth-order valence-corrected chi connectivity index (χ4v) is 1.78. The zero-order valence-electron chi connectivity index (χ0n) is 8.53. The highest BCUT2D eigenvalue weighted by Gasteiger charge is 2.04. The van der Waals surface area contributed by atoms with Gasteiger partial charge in [0.15, 0.2) is 0 Å². The van der Waals surface area contributed by atoms with Crippen LogP contribution >= 0.6 is 11.6 Å². The van der Waals surface area contributed by atoms with Gasteiger partial charge in [-0.25, -0.2) is 0 Å². The van der Waals surface area contributed by atoms with Gasteiger partial charge in [0.25, 0.3) is 0 Å². The number of halogens is 1. The normalized spacial score (nSPS) is 10.4. The summed E-state index contributed by atoms with van der Waals surface area (Å²) in [6.07, 6.45) is 0. The van der Waals surface area contributed by atoms with Crippen LogP contribution in [0.5, 0.6) is 0 Å². The van der Waals surface area contributed by atoms with Crippen LogP contribution in [0, 0.1) is 0 Å². The smallest absolute Gasteiger partial charge is 0.248 e. The Balaban J connectivity index is 2.60. The molecule has 0 unspecified atom stereocenters. The lowest BCUT2D eigenvalue weighted by atomic mass is 10.1. The van der Waals surface area contributed by atoms with E-state index < -0.39 is 0 Å². The maximum atomic E-state index is 11.4. The highest BCUT2D eigenvalue weighted by atomic mass is 35.5. The van der Waals surface area contributed by atoms with Gasteiger partial charge in [-0.1, -0.05) is 29.8 Å². The van der Waals surface area contributed by atoms with Crippen LogP contribution in [0.3, 0.4) is 0 Å². The van der Waals surface area contributed by atoms with Crippen LogP contribution in [-0.2, 0) is 6.54 Å². The van der Waals surface area contributed by atoms with Gasteiger partial charge in [0.2, 0.25) is 5.56 Å². The van der Waals surface area contributed by atoms with E-state index in [9.17, 15) is 4.79 Å². The van der Waals surface area contributed by atoms with E-state index >= 15 is 0 Å². The Morgan fingerprint density at radius 3 is 2.69 bits per heavy atom. The fourth-order valence-electron chi connectivity index (χ4n) is 1.54. The molecule has 0 aliphatic heterocycles. The van der Waals surface area contributed by atoms with E-state index in [0.29, 0.717) is 17.3 Å². The molecule has 0 aliphatic rings. The van der Waals surface area contributed by atoms with Gasteiger partial charge < -0.3 is 10.7 Å². The Bertz CT molecular complexity index is 563. The largest absolute Gasteiger partial charge is 0.326 e. The molecule has 0 radical (unpaired) electrons. The van der Waals surface area contributed by atoms with Gasteiger partial charge in [0.1, 0.15) is 0 Å². The van der Waals surface area contributed by atoms with Crippen LogP contribution in [0.25, 0.3) is 11.3 Å². The van der Waals surface area contributed by atoms with Crippen LogP contribution in [0.2, 0.25) is 5.02 Å². The van der Waals surface area contributed by atoms with E-state index in [1.54, 1.807) is 6.07 Å². The van der Waals surface area contributed by atoms with Gasteiger partial charge in [-0.05, 0) is 17.7 Å². The predicted octanol–water partition coefficient (Wildman–Crippen LogP) is 2.15. The average molecular weight is 235 g/mol. The summed E-state index contributed by atoms with van der Waals surface area (Å²) in [5.41, 5.74) is 7.64. The van der Waals surface area contributed by atoms with Gasteiger partial charge in [-0.3, -0.25) is 4.79 Å². The number of rotatable bonds is 2. The van der Waals surface area contributed by atoms with E-state index in [-0.39, 0.29) is 5.56 Å². The van der Waals surface area contributed by atoms with Crippen LogP contribution in [0.4, 0.5) is 0 Å². The molecule has 0 amide bonds. The molecule has 3 N–H and O–H groups in total. The molecule has 82 valence electrons. The molecular weight excluding hydrogens is 224 g/mol. The maximum Gasteiger partial charge on any atom is 0.248 e. The molecule has 2 aromatic rings. The summed E-state index contributed by atoms with van der Waals surface area (Å²) in [5, 5.41) is 0.604. The quantitative estimate of drug-likeness (QED) is 0.837. The lowest BCUT2D eigenvalue weighted by Crippen LogP contribution is -2.09. The van der Waals surface area contributed by atoms with Crippen LogP contribution in [0.1, 0.15) is 5.56 Å². The Kier molecular flexibility index (Phi) is 3.08. The molecule has 0 atom stereocenters. The first-order valence-electron chi connectivity index (χ1n) is 4.89. The zero-order chi connectivity index (χ0) is 11.5. The molecule has 0 bridgehead atoms. The second-order valence-electron chi connectivity index (χ2n) is 3.45. The highest BCUT2D eigenvalue weighted by molar-refractivity contribution is 6.33. The molecule has 16 heavy (non-hydrogen) atoms. The first kappa shape index (κ1) is 10.9. The number of pyridine rings is 1. The van der Waals surface area contributed by atoms with Crippen molar-refractivity contribution < 1.29 is 0 Å². The minimum absolute atomic E-state index is 0.169. The first-order valence-corrected chi connectivity index (χ1v) is 5.26. The standard InChI is InChI=1S/C12H11ClN2O/c13-10-4-2-1-3-9(10)11-5-8(7-14)6-12(16)15-11/h1-6H,7,14H2,(H,15,16). The molecule has 4 heteroatoms. The number of aromatic amines is 1. The molecule has 0 aliphatic carbocycles. The molecule has 1 aromatic heterocycles. The van der Waals surface area contributed by atoms with Gasteiger partial charge in [0, 0.05) is 23.2 Å². The summed E-state index contributed by atoms with van der Waals surface area (Å²) in [6.45, 7) is 0.335. The van der Waals surface area contributed by atoms with Crippen molar-refractivity contribution in [1.82, 2.24) is 4.98 Å². The van der Waals surface area contributed by atoms with Crippen molar-refractivity contribution in [3.8, 4) is 11.3 Å². The van der Waals surface area contributed by atoms with Crippen molar-refractivity contribution in [2.24, 2.45) is 5.73 Å². The van der Waals surface area contributed by atoms with Gasteiger partial charge >= 0.3 is 0 Å². The monoisotopic (exact) mass is 234 g/mol. The van der Waals surface area contributed by atoms with E-state index in [1.807, 2.05) is 24.3 Å². The fraction of sp³-hybridized carbons (Fsp3) is 0.0833. The number of nitrogens with one attached hydrogen (secondary N) is 1. The van der Waals surface area contributed by atoms with Gasteiger partial charge in [-0.15, -0.1) is 0 Å². The van der Waals surface area contributed by atoms with Crippen molar-refractivity contribution >= 4 is 11.6 Å². The van der Waals surface area contributed by atoms with E-state index in [1.165, 1.54) is 6.07 Å². The maximum absolute atomic E-state index is 11.4. The Labute approximate surface area is 97.9 Å². The third-order valence-electron chi connectivity index (χ3n) is 2.30. The predicted molar refractivity (Wildman–Crippen MR) is 65.4 cm³/mol. The van der Waals surface area contributed by atoms with E-state index in [0.717, 1.165) is 11.1 Å². The first-order chi connectivity index (χ1) is 7.70. The Morgan fingerprint density at radius 2 is 2.00 bits per heavy atom. The number of nitrogens with two attached hydrogens (primary N) is 1. The van der Waals surface area contributed by atoms with Crippen molar-refractivity contribution in [2.75, 3.05) is 0 Å². The van der Waals surface area contributed by atoms with E-state index in [4.69, 9.17) is 17.3 Å². The minimum Gasteiger partial charge on any atom is -0.326 e. The molecule has 1 aromatic carbocycles. The summed E-state index contributed by atoms with van der Waals surface area (Å²) in [5.74, 6) is 0. The van der Waals surface area contributed by atoms with Crippen LogP contribution in [0.15, 0.2) is 41.2 Å². The lowest BCUT2D eigenvalue weighted by Gasteiger charge is -2.05. The third-order valence-corrected chi connectivity index (χ3v) is 2.63. The van der Waals surface area contributed by atoms with Crippen molar-refractivity contribution in [1.29, 1.82) is 0 Å². The number of benzene rings is 1. The molecule has 3 nitrogen and oxygen atoms in total. The molecule has 1 heterocycles. The molecule has 0 saturated carbocycles. The summed E-state index contributed by atoms with van der Waals surface area (Å²) >= 11 is 6.05. The number of hydrogen-bond acceptors (Lipinski definition) is 2. The van der Waals surface area contributed by atoms with E-state index in [2.05, 4.69) is 4.98 Å². The summed E-state index contributed by atoms with van der Waals surface area (Å²) in [6, 6.07) is 10.7. The molecule has 0 saturated heterocycles. The van der Waals surface area contributed by atoms with Crippen molar-refractivity contribution in [3.05, 3.63) is 57.3 Å². The molecular formula is C12H11ClN2O. The lowest BCUT2D eigenvalue weighted by molar-refractivity contribution is 1.05. The van der Waals surface area contributed by atoms with Crippen LogP contribution < -0.4 is 11.3 Å². The topological polar surface area (TPSA) is 58.9 Å². The molecule has 0 fully saturated rings. The number of hydrogen-bond donors (Lipinski definition) is 2. The molecule has 0 spiro atoms. The van der Waals surface area contributed by atoms with Crippen molar-refractivity contribution in [3.63, 3.8) is 0 Å². The van der Waals surface area contributed by atoms with Crippen molar-refractivity contribution in [2.45, 2.75) is 6.54 Å². The Hall–Kier alpha value is -1.58. The van der Waals surface area contributed by atoms with Gasteiger partial charge in [-0.2, -0.15) is 0 Å². The van der Waals surface area contributed by atoms with Gasteiger partial charge in [0.05, 0.1) is 5.69 Å². The highest BCUT2D eigenvalue weighted by Crippen LogP contribution is 2.25. The summed E-state index contributed by atoms with van der Waals surface area (Å²) in [7, 11) is 0. The van der Waals surface area contributed by atoms with Crippen LogP contribution in [-0.4, -0.2) is 4.98 Å². The SMILES string of the molecule is NCc1cc(-c2ccccc2Cl)[nH]c(=O)c1. The summed E-state index contributed by atoms with van der Waals surface area (Å²) < 4.78 is 0. The number of H-pyrrole nitrogens is 1. The average Bonchev–Trinajstić information content (AvgIpc) is 2.28. The second kappa shape index (κ2) is 4.51. The third kappa shape index (κ3) is 2.15. The number of aromatic nitrogens is 1. The second-order valence-corrected chi connectivity index (χ2v) is 3.86. The molecule has 2 rings (SSSR count).